The fourth-order valence-corrected chi connectivity index (χ4v) is 1.51. The molecule has 96 valence electrons. The second-order valence-electron chi connectivity index (χ2n) is 3.66. The van der Waals surface area contributed by atoms with E-state index in [0.717, 1.165) is 11.3 Å². The van der Waals surface area contributed by atoms with E-state index in [1.165, 1.54) is 4.80 Å². The lowest BCUT2D eigenvalue weighted by molar-refractivity contribution is 0.291. The molecule has 0 bridgehead atoms. The van der Waals surface area contributed by atoms with Crippen LogP contribution in [0.2, 0.25) is 0 Å². The Bertz CT molecular complexity index is 526. The van der Waals surface area contributed by atoms with Crippen molar-refractivity contribution >= 4 is 0 Å². The van der Waals surface area contributed by atoms with Crippen LogP contribution >= 0.6 is 0 Å². The molecule has 18 heavy (non-hydrogen) atoms. The van der Waals surface area contributed by atoms with Crippen LogP contribution in [0.3, 0.4) is 0 Å². The number of benzene rings is 1. The molecule has 0 fully saturated rings. The average molecular weight is 249 g/mol. The SMILES string of the molecule is COc1ccc(OCc2nnn(C)n2)c(CN)c1. The second kappa shape index (κ2) is 5.46. The maximum absolute atomic E-state index is 5.66. The van der Waals surface area contributed by atoms with Gasteiger partial charge in [-0.15, -0.1) is 10.2 Å². The molecule has 0 aliphatic rings. The van der Waals surface area contributed by atoms with E-state index in [1.807, 2.05) is 18.2 Å². The summed E-state index contributed by atoms with van der Waals surface area (Å²) in [5.41, 5.74) is 6.54. The number of rotatable bonds is 5. The maximum atomic E-state index is 5.66. The monoisotopic (exact) mass is 249 g/mol. The molecule has 0 atom stereocenters. The smallest absolute Gasteiger partial charge is 0.212 e. The Morgan fingerprint density at radius 2 is 2.22 bits per heavy atom. The summed E-state index contributed by atoms with van der Waals surface area (Å²) in [5, 5.41) is 11.6. The molecule has 0 spiro atoms. The third kappa shape index (κ3) is 2.75. The number of tetrazole rings is 1. The zero-order valence-corrected chi connectivity index (χ0v) is 10.3. The molecule has 2 aromatic rings. The van der Waals surface area contributed by atoms with Gasteiger partial charge in [-0.05, 0) is 23.4 Å². The van der Waals surface area contributed by atoms with Gasteiger partial charge >= 0.3 is 0 Å². The maximum Gasteiger partial charge on any atom is 0.212 e. The fraction of sp³-hybridized carbons (Fsp3) is 0.364. The van der Waals surface area contributed by atoms with Gasteiger partial charge in [0.2, 0.25) is 5.82 Å². The Kier molecular flexibility index (Phi) is 3.73. The van der Waals surface area contributed by atoms with Crippen molar-refractivity contribution in [3.63, 3.8) is 0 Å². The normalized spacial score (nSPS) is 10.4. The van der Waals surface area contributed by atoms with E-state index in [1.54, 1.807) is 14.2 Å². The lowest BCUT2D eigenvalue weighted by Crippen LogP contribution is -2.04. The highest BCUT2D eigenvalue weighted by Gasteiger charge is 2.07. The van der Waals surface area contributed by atoms with E-state index < -0.39 is 0 Å². The van der Waals surface area contributed by atoms with Crippen LogP contribution in [0.25, 0.3) is 0 Å². The lowest BCUT2D eigenvalue weighted by atomic mass is 10.2. The molecule has 1 aromatic heterocycles. The summed E-state index contributed by atoms with van der Waals surface area (Å²) in [4.78, 5) is 1.39. The van der Waals surface area contributed by atoms with Crippen molar-refractivity contribution in [3.8, 4) is 11.5 Å². The lowest BCUT2D eigenvalue weighted by Gasteiger charge is -2.10. The van der Waals surface area contributed by atoms with Crippen LogP contribution in [0.5, 0.6) is 11.5 Å². The van der Waals surface area contributed by atoms with Gasteiger partial charge in [0.15, 0.2) is 6.61 Å². The number of nitrogens with two attached hydrogens (primary N) is 1. The molecule has 7 nitrogen and oxygen atoms in total. The molecular formula is C11H15N5O2. The third-order valence-corrected chi connectivity index (χ3v) is 2.39. The Morgan fingerprint density at radius 3 is 2.83 bits per heavy atom. The zero-order valence-electron chi connectivity index (χ0n) is 10.3. The summed E-state index contributed by atoms with van der Waals surface area (Å²) in [5.74, 6) is 1.97. The topological polar surface area (TPSA) is 88.1 Å². The number of aromatic nitrogens is 4. The summed E-state index contributed by atoms with van der Waals surface area (Å²) in [6.45, 7) is 0.633. The highest BCUT2D eigenvalue weighted by molar-refractivity contribution is 5.40. The summed E-state index contributed by atoms with van der Waals surface area (Å²) < 4.78 is 10.7. The first-order valence-electron chi connectivity index (χ1n) is 5.45. The Hall–Kier alpha value is -2.15. The van der Waals surface area contributed by atoms with Gasteiger partial charge in [-0.1, -0.05) is 0 Å². The molecule has 0 saturated carbocycles. The van der Waals surface area contributed by atoms with Crippen molar-refractivity contribution in [1.29, 1.82) is 0 Å². The second-order valence-corrected chi connectivity index (χ2v) is 3.66. The molecular weight excluding hydrogens is 234 g/mol. The standard InChI is InChI=1S/C11H15N5O2/c1-16-14-11(13-15-16)7-18-10-4-3-9(17-2)5-8(10)6-12/h3-5H,6-7,12H2,1-2H3. The van der Waals surface area contributed by atoms with Crippen molar-refractivity contribution in [2.45, 2.75) is 13.2 Å². The van der Waals surface area contributed by atoms with Gasteiger partial charge < -0.3 is 15.2 Å². The average Bonchev–Trinajstić information content (AvgIpc) is 2.82. The molecule has 0 amide bonds. The first kappa shape index (κ1) is 12.3. The van der Waals surface area contributed by atoms with E-state index in [4.69, 9.17) is 15.2 Å². The number of methoxy groups -OCH3 is 1. The Morgan fingerprint density at radius 1 is 1.39 bits per heavy atom. The molecule has 2 rings (SSSR count). The molecule has 2 N–H and O–H groups in total. The van der Waals surface area contributed by atoms with Gasteiger partial charge in [-0.3, -0.25) is 0 Å². The van der Waals surface area contributed by atoms with Crippen molar-refractivity contribution in [1.82, 2.24) is 20.2 Å². The van der Waals surface area contributed by atoms with Crippen LogP contribution in [0.1, 0.15) is 11.4 Å². The summed E-state index contributed by atoms with van der Waals surface area (Å²) >= 11 is 0. The third-order valence-electron chi connectivity index (χ3n) is 2.39. The zero-order chi connectivity index (χ0) is 13.0. The minimum absolute atomic E-state index is 0.257. The van der Waals surface area contributed by atoms with Crippen LogP contribution in [0, 0.1) is 0 Å². The van der Waals surface area contributed by atoms with Gasteiger partial charge in [0.25, 0.3) is 0 Å². The highest BCUT2D eigenvalue weighted by Crippen LogP contribution is 2.24. The number of hydrogen-bond donors (Lipinski definition) is 1. The molecule has 0 saturated heterocycles. The number of hydrogen-bond acceptors (Lipinski definition) is 6. The minimum Gasteiger partial charge on any atom is -0.497 e. The Balaban J connectivity index is 2.08. The van der Waals surface area contributed by atoms with Gasteiger partial charge in [0.1, 0.15) is 11.5 Å². The Labute approximate surface area is 104 Å². The van der Waals surface area contributed by atoms with Crippen molar-refractivity contribution in [2.75, 3.05) is 7.11 Å². The van der Waals surface area contributed by atoms with E-state index in [2.05, 4.69) is 15.4 Å². The fourth-order valence-electron chi connectivity index (χ4n) is 1.51. The number of aryl methyl sites for hydroxylation is 1. The van der Waals surface area contributed by atoms with Crippen LogP contribution in [-0.2, 0) is 20.2 Å². The van der Waals surface area contributed by atoms with Crippen molar-refractivity contribution in [2.24, 2.45) is 12.8 Å². The van der Waals surface area contributed by atoms with E-state index in [-0.39, 0.29) is 6.61 Å². The first-order chi connectivity index (χ1) is 8.72. The summed E-state index contributed by atoms with van der Waals surface area (Å²) in [6, 6.07) is 5.48. The minimum atomic E-state index is 0.257. The molecule has 7 heteroatoms. The molecule has 0 radical (unpaired) electrons. The molecule has 0 aliphatic heterocycles. The molecule has 1 heterocycles. The molecule has 1 aromatic carbocycles. The van der Waals surface area contributed by atoms with Gasteiger partial charge in [0.05, 0.1) is 14.2 Å². The van der Waals surface area contributed by atoms with Gasteiger partial charge in [0, 0.05) is 12.1 Å². The quantitative estimate of drug-likeness (QED) is 0.817. The van der Waals surface area contributed by atoms with Crippen molar-refractivity contribution in [3.05, 3.63) is 29.6 Å². The van der Waals surface area contributed by atoms with Crippen LogP contribution in [0.15, 0.2) is 18.2 Å². The van der Waals surface area contributed by atoms with Crippen LogP contribution in [-0.4, -0.2) is 27.3 Å². The summed E-state index contributed by atoms with van der Waals surface area (Å²) in [7, 11) is 3.31. The predicted octanol–water partition coefficient (Wildman–Crippen LogP) is 0.256. The highest BCUT2D eigenvalue weighted by atomic mass is 16.5. The van der Waals surface area contributed by atoms with Crippen molar-refractivity contribution < 1.29 is 9.47 Å². The number of nitrogens with zero attached hydrogens (tertiary/aromatic N) is 4. The van der Waals surface area contributed by atoms with Crippen LogP contribution in [0.4, 0.5) is 0 Å². The summed E-state index contributed by atoms with van der Waals surface area (Å²) in [6.07, 6.45) is 0. The van der Waals surface area contributed by atoms with E-state index in [9.17, 15) is 0 Å². The van der Waals surface area contributed by atoms with E-state index >= 15 is 0 Å². The van der Waals surface area contributed by atoms with Crippen LogP contribution < -0.4 is 15.2 Å². The molecule has 0 aliphatic carbocycles. The molecule has 0 unspecified atom stereocenters. The first-order valence-corrected chi connectivity index (χ1v) is 5.45. The largest absolute Gasteiger partial charge is 0.497 e. The van der Waals surface area contributed by atoms with Gasteiger partial charge in [-0.2, -0.15) is 4.80 Å². The number of ether oxygens (including phenoxy) is 2. The van der Waals surface area contributed by atoms with Gasteiger partial charge in [-0.25, -0.2) is 0 Å². The van der Waals surface area contributed by atoms with E-state index in [0.29, 0.717) is 18.1 Å². The predicted molar refractivity (Wildman–Crippen MR) is 64.0 cm³/mol.